The van der Waals surface area contributed by atoms with Crippen LogP contribution in [-0.4, -0.2) is 29.6 Å². The molecule has 3 N–H and O–H groups in total. The molecule has 4 aromatic rings. The minimum absolute atomic E-state index is 0.0180. The van der Waals surface area contributed by atoms with E-state index in [2.05, 4.69) is 25.0 Å². The van der Waals surface area contributed by atoms with Crippen molar-refractivity contribution in [3.8, 4) is 17.7 Å². The SMILES string of the molecule is Cc1cc2c(F)c(Oc3ncnc(Nc4ccc(NS(C)(=O)=O)cc4)c3C#N)ccc2[nH]1. The number of fused-ring (bicyclic) bond motifs is 1. The molecule has 2 heterocycles. The number of aryl methyl sites for hydroxylation is 1. The third kappa shape index (κ3) is 4.45. The summed E-state index contributed by atoms with van der Waals surface area (Å²) in [5, 5.41) is 13.0. The van der Waals surface area contributed by atoms with Crippen LogP contribution in [0.5, 0.6) is 11.6 Å². The van der Waals surface area contributed by atoms with Crippen LogP contribution < -0.4 is 14.8 Å². The van der Waals surface area contributed by atoms with Crippen molar-refractivity contribution in [3.63, 3.8) is 0 Å². The van der Waals surface area contributed by atoms with Crippen molar-refractivity contribution in [1.82, 2.24) is 15.0 Å². The van der Waals surface area contributed by atoms with Gasteiger partial charge in [-0.2, -0.15) is 5.26 Å². The normalized spacial score (nSPS) is 11.2. The van der Waals surface area contributed by atoms with E-state index in [4.69, 9.17) is 4.74 Å². The number of aromatic nitrogens is 3. The van der Waals surface area contributed by atoms with Crippen molar-refractivity contribution in [2.45, 2.75) is 6.92 Å². The fraction of sp³-hybridized carbons (Fsp3) is 0.0952. The van der Waals surface area contributed by atoms with E-state index in [0.717, 1.165) is 11.9 Å². The highest BCUT2D eigenvalue weighted by Crippen LogP contribution is 2.33. The Bertz CT molecular complexity index is 1460. The first-order chi connectivity index (χ1) is 15.2. The molecule has 0 saturated carbocycles. The van der Waals surface area contributed by atoms with Gasteiger partial charge in [0.05, 0.1) is 6.26 Å². The fourth-order valence-electron chi connectivity index (χ4n) is 3.09. The summed E-state index contributed by atoms with van der Waals surface area (Å²) in [5.74, 6) is -0.599. The van der Waals surface area contributed by atoms with E-state index in [0.29, 0.717) is 22.3 Å². The van der Waals surface area contributed by atoms with E-state index < -0.39 is 15.8 Å². The number of ether oxygens (including phenoxy) is 1. The Morgan fingerprint density at radius 2 is 1.84 bits per heavy atom. The predicted molar refractivity (Wildman–Crippen MR) is 118 cm³/mol. The third-order valence-electron chi connectivity index (χ3n) is 4.42. The van der Waals surface area contributed by atoms with Gasteiger partial charge in [0.1, 0.15) is 12.4 Å². The number of aromatic amines is 1. The second-order valence-electron chi connectivity index (χ2n) is 6.98. The molecule has 0 spiro atoms. The number of benzene rings is 2. The Hall–Kier alpha value is -4.17. The van der Waals surface area contributed by atoms with E-state index in [1.54, 1.807) is 36.4 Å². The monoisotopic (exact) mass is 452 g/mol. The van der Waals surface area contributed by atoms with Gasteiger partial charge in [-0.1, -0.05) is 0 Å². The minimum atomic E-state index is -3.39. The molecule has 0 fully saturated rings. The van der Waals surface area contributed by atoms with Gasteiger partial charge < -0.3 is 15.0 Å². The van der Waals surface area contributed by atoms with Gasteiger partial charge in [-0.3, -0.25) is 4.72 Å². The summed E-state index contributed by atoms with van der Waals surface area (Å²) >= 11 is 0. The molecule has 2 aromatic carbocycles. The molecule has 0 saturated heterocycles. The first kappa shape index (κ1) is 21.1. The van der Waals surface area contributed by atoms with Crippen LogP contribution in [0.1, 0.15) is 11.3 Å². The van der Waals surface area contributed by atoms with Crippen LogP contribution in [0.4, 0.5) is 21.6 Å². The van der Waals surface area contributed by atoms with Crippen LogP contribution in [0, 0.1) is 24.1 Å². The number of rotatable bonds is 6. The van der Waals surface area contributed by atoms with Crippen LogP contribution in [0.2, 0.25) is 0 Å². The molecule has 0 amide bonds. The third-order valence-corrected chi connectivity index (χ3v) is 5.03. The maximum atomic E-state index is 14.9. The summed E-state index contributed by atoms with van der Waals surface area (Å²) in [6, 6.07) is 13.1. The Balaban J connectivity index is 1.61. The topological polar surface area (TPSA) is 133 Å². The minimum Gasteiger partial charge on any atom is -0.434 e. The Morgan fingerprint density at radius 1 is 1.12 bits per heavy atom. The smallest absolute Gasteiger partial charge is 0.242 e. The number of hydrogen-bond donors (Lipinski definition) is 3. The lowest BCUT2D eigenvalue weighted by Gasteiger charge is -2.12. The summed E-state index contributed by atoms with van der Waals surface area (Å²) in [5.41, 5.74) is 2.35. The lowest BCUT2D eigenvalue weighted by Crippen LogP contribution is -2.09. The van der Waals surface area contributed by atoms with Gasteiger partial charge in [0.2, 0.25) is 15.9 Å². The van der Waals surface area contributed by atoms with Gasteiger partial charge >= 0.3 is 0 Å². The molecule has 0 aliphatic carbocycles. The van der Waals surface area contributed by atoms with E-state index in [-0.39, 0.29) is 23.0 Å². The van der Waals surface area contributed by atoms with Gasteiger partial charge in [0.25, 0.3) is 0 Å². The molecule has 9 nitrogen and oxygen atoms in total. The molecule has 0 radical (unpaired) electrons. The molecule has 32 heavy (non-hydrogen) atoms. The van der Waals surface area contributed by atoms with Crippen LogP contribution in [0.25, 0.3) is 10.9 Å². The lowest BCUT2D eigenvalue weighted by molar-refractivity contribution is 0.428. The largest absolute Gasteiger partial charge is 0.434 e. The number of halogens is 1. The maximum absolute atomic E-state index is 14.9. The van der Waals surface area contributed by atoms with Gasteiger partial charge in [-0.25, -0.2) is 22.8 Å². The fourth-order valence-corrected chi connectivity index (χ4v) is 3.65. The molecule has 0 aliphatic heterocycles. The number of sulfonamides is 1. The highest BCUT2D eigenvalue weighted by atomic mass is 32.2. The standard InChI is InChI=1S/C21H17FN6O3S/c1-12-9-15-17(26-12)7-8-18(19(15)22)31-21-16(10-23)20(24-11-25-21)27-13-3-5-14(6-4-13)28-32(2,29)30/h3-9,11,26,28H,1-2H3,(H,24,25,27). The maximum Gasteiger partial charge on any atom is 0.242 e. The van der Waals surface area contributed by atoms with E-state index in [9.17, 15) is 18.1 Å². The van der Waals surface area contributed by atoms with E-state index in [1.165, 1.54) is 12.4 Å². The van der Waals surface area contributed by atoms with E-state index in [1.807, 2.05) is 13.0 Å². The zero-order valence-corrected chi connectivity index (χ0v) is 17.8. The lowest BCUT2D eigenvalue weighted by atomic mass is 10.2. The first-order valence-electron chi connectivity index (χ1n) is 9.29. The Morgan fingerprint density at radius 3 is 2.53 bits per heavy atom. The van der Waals surface area contributed by atoms with Crippen LogP contribution in [0.3, 0.4) is 0 Å². The van der Waals surface area contributed by atoms with Gasteiger partial charge in [-0.15, -0.1) is 0 Å². The van der Waals surface area contributed by atoms with Gasteiger partial charge in [-0.05, 0) is 49.4 Å². The number of H-pyrrole nitrogens is 1. The number of hydrogen-bond acceptors (Lipinski definition) is 7. The molecule has 2 aromatic heterocycles. The Labute approximate surface area is 183 Å². The molecule has 4 rings (SSSR count). The summed E-state index contributed by atoms with van der Waals surface area (Å²) in [7, 11) is -3.39. The highest BCUT2D eigenvalue weighted by molar-refractivity contribution is 7.92. The second kappa shape index (κ2) is 8.16. The summed E-state index contributed by atoms with van der Waals surface area (Å²) in [4.78, 5) is 11.1. The average Bonchev–Trinajstić information content (AvgIpc) is 3.12. The number of nitrogens with one attached hydrogen (secondary N) is 3. The first-order valence-corrected chi connectivity index (χ1v) is 11.2. The molecule has 0 unspecified atom stereocenters. The van der Waals surface area contributed by atoms with Crippen molar-refractivity contribution < 1.29 is 17.5 Å². The van der Waals surface area contributed by atoms with Crippen LogP contribution in [-0.2, 0) is 10.0 Å². The highest BCUT2D eigenvalue weighted by Gasteiger charge is 2.17. The van der Waals surface area contributed by atoms with Crippen molar-refractivity contribution >= 4 is 38.1 Å². The van der Waals surface area contributed by atoms with E-state index >= 15 is 0 Å². The zero-order valence-electron chi connectivity index (χ0n) is 17.0. The number of nitrogens with zero attached hydrogens (tertiary/aromatic N) is 3. The summed E-state index contributed by atoms with van der Waals surface area (Å²) < 4.78 is 45.5. The summed E-state index contributed by atoms with van der Waals surface area (Å²) in [6.45, 7) is 1.82. The van der Waals surface area contributed by atoms with Crippen molar-refractivity contribution in [3.05, 3.63) is 65.9 Å². The average molecular weight is 452 g/mol. The quantitative estimate of drug-likeness (QED) is 0.400. The van der Waals surface area contributed by atoms with Crippen molar-refractivity contribution in [1.29, 1.82) is 5.26 Å². The second-order valence-corrected chi connectivity index (χ2v) is 8.73. The Kier molecular flexibility index (Phi) is 5.38. The molecule has 0 aliphatic rings. The van der Waals surface area contributed by atoms with Crippen molar-refractivity contribution in [2.75, 3.05) is 16.3 Å². The zero-order chi connectivity index (χ0) is 22.9. The molecule has 162 valence electrons. The van der Waals surface area contributed by atoms with Gasteiger partial charge in [0, 0.05) is 28.0 Å². The van der Waals surface area contributed by atoms with Crippen LogP contribution in [0.15, 0.2) is 48.8 Å². The summed E-state index contributed by atoms with van der Waals surface area (Å²) in [6.07, 6.45) is 2.24. The molecule has 0 bridgehead atoms. The number of nitriles is 1. The predicted octanol–water partition coefficient (Wildman–Crippen LogP) is 4.18. The number of anilines is 3. The van der Waals surface area contributed by atoms with Crippen LogP contribution >= 0.6 is 0 Å². The molecule has 11 heteroatoms. The van der Waals surface area contributed by atoms with Crippen molar-refractivity contribution in [2.24, 2.45) is 0 Å². The molecular weight excluding hydrogens is 435 g/mol. The molecular formula is C21H17FN6O3S. The molecule has 0 atom stereocenters. The van der Waals surface area contributed by atoms with Gasteiger partial charge in [0.15, 0.2) is 22.9 Å².